The van der Waals surface area contributed by atoms with Crippen molar-refractivity contribution in [2.24, 2.45) is 0 Å². The number of hydrogen-bond donors (Lipinski definition) is 2. The molecule has 0 radical (unpaired) electrons. The van der Waals surface area contributed by atoms with Crippen molar-refractivity contribution in [2.75, 3.05) is 20.8 Å². The number of nitrogens with one attached hydrogen (secondary N) is 1. The van der Waals surface area contributed by atoms with E-state index in [1.54, 1.807) is 26.4 Å². The average molecular weight is 356 g/mol. The monoisotopic (exact) mass is 356 g/mol. The first-order valence-corrected chi connectivity index (χ1v) is 8.66. The summed E-state index contributed by atoms with van der Waals surface area (Å²) >= 11 is 0. The lowest BCUT2D eigenvalue weighted by atomic mass is 10.0. The number of amides is 2. The fraction of sp³-hybridized carbons (Fsp3) is 0.350. The lowest BCUT2D eigenvalue weighted by Crippen LogP contribution is -2.39. The number of aromatic hydroxyl groups is 1. The Morgan fingerprint density at radius 3 is 2.58 bits per heavy atom. The summed E-state index contributed by atoms with van der Waals surface area (Å²) in [6, 6.07) is 12.6. The van der Waals surface area contributed by atoms with Crippen molar-refractivity contribution in [3.05, 3.63) is 53.6 Å². The van der Waals surface area contributed by atoms with Crippen molar-refractivity contribution in [3.63, 3.8) is 0 Å². The van der Waals surface area contributed by atoms with Gasteiger partial charge in [-0.2, -0.15) is 0 Å². The van der Waals surface area contributed by atoms with E-state index in [1.807, 2.05) is 35.2 Å². The molecular weight excluding hydrogens is 332 g/mol. The molecule has 2 N–H and O–H groups in total. The molecule has 6 nitrogen and oxygen atoms in total. The normalized spacial score (nSPS) is 16.4. The third-order valence-corrected chi connectivity index (χ3v) is 4.68. The predicted molar refractivity (Wildman–Crippen MR) is 98.6 cm³/mol. The van der Waals surface area contributed by atoms with E-state index in [4.69, 9.17) is 9.47 Å². The van der Waals surface area contributed by atoms with Crippen LogP contribution in [0.25, 0.3) is 0 Å². The molecule has 0 unspecified atom stereocenters. The molecule has 6 heteroatoms. The molecule has 1 saturated heterocycles. The molecule has 1 aliphatic rings. The number of rotatable bonds is 5. The lowest BCUT2D eigenvalue weighted by Gasteiger charge is -2.25. The Hall–Kier alpha value is -2.89. The number of hydrogen-bond acceptors (Lipinski definition) is 4. The van der Waals surface area contributed by atoms with Crippen molar-refractivity contribution in [3.8, 4) is 17.2 Å². The summed E-state index contributed by atoms with van der Waals surface area (Å²) in [6.45, 7) is 1.14. The maximum Gasteiger partial charge on any atom is 0.318 e. The van der Waals surface area contributed by atoms with Gasteiger partial charge in [0.2, 0.25) is 0 Å². The summed E-state index contributed by atoms with van der Waals surface area (Å²) in [7, 11) is 3.18. The Bertz CT molecular complexity index is 761. The number of phenols is 1. The first-order valence-electron chi connectivity index (χ1n) is 8.66. The van der Waals surface area contributed by atoms with Crippen LogP contribution in [-0.2, 0) is 6.54 Å². The van der Waals surface area contributed by atoms with Crippen LogP contribution in [0.15, 0.2) is 42.5 Å². The molecule has 2 amide bonds. The molecule has 0 saturated carbocycles. The number of phenolic OH excluding ortho intramolecular Hbond substituents is 1. The first-order chi connectivity index (χ1) is 12.6. The van der Waals surface area contributed by atoms with E-state index >= 15 is 0 Å². The smallest absolute Gasteiger partial charge is 0.318 e. The van der Waals surface area contributed by atoms with Crippen molar-refractivity contribution >= 4 is 6.03 Å². The van der Waals surface area contributed by atoms with Crippen LogP contribution in [-0.4, -0.2) is 36.8 Å². The molecular formula is C20H24N2O4. The highest BCUT2D eigenvalue weighted by Crippen LogP contribution is 2.32. The molecule has 1 atom stereocenters. The van der Waals surface area contributed by atoms with Crippen LogP contribution in [0.3, 0.4) is 0 Å². The Balaban J connectivity index is 1.65. The van der Waals surface area contributed by atoms with Crippen LogP contribution < -0.4 is 14.8 Å². The zero-order valence-electron chi connectivity index (χ0n) is 15.1. The zero-order chi connectivity index (χ0) is 18.5. The highest BCUT2D eigenvalue weighted by molar-refractivity contribution is 5.75. The average Bonchev–Trinajstić information content (AvgIpc) is 3.16. The Labute approximate surface area is 153 Å². The topological polar surface area (TPSA) is 71.0 Å². The van der Waals surface area contributed by atoms with Crippen LogP contribution in [0.5, 0.6) is 17.2 Å². The molecule has 0 aliphatic carbocycles. The van der Waals surface area contributed by atoms with E-state index in [1.165, 1.54) is 0 Å². The van der Waals surface area contributed by atoms with Gasteiger partial charge in [0.25, 0.3) is 0 Å². The third-order valence-electron chi connectivity index (χ3n) is 4.68. The van der Waals surface area contributed by atoms with Crippen molar-refractivity contribution in [1.82, 2.24) is 10.2 Å². The van der Waals surface area contributed by atoms with E-state index in [9.17, 15) is 9.90 Å². The van der Waals surface area contributed by atoms with Crippen LogP contribution in [0.2, 0.25) is 0 Å². The number of ether oxygens (including phenoxy) is 2. The van der Waals surface area contributed by atoms with Gasteiger partial charge < -0.3 is 24.8 Å². The molecule has 1 heterocycles. The second-order valence-electron chi connectivity index (χ2n) is 6.29. The van der Waals surface area contributed by atoms with Gasteiger partial charge in [0.1, 0.15) is 5.75 Å². The summed E-state index contributed by atoms with van der Waals surface area (Å²) in [4.78, 5) is 14.5. The van der Waals surface area contributed by atoms with Gasteiger partial charge >= 0.3 is 6.03 Å². The molecule has 0 aromatic heterocycles. The molecule has 1 fully saturated rings. The van der Waals surface area contributed by atoms with Gasteiger partial charge in [0.15, 0.2) is 11.5 Å². The van der Waals surface area contributed by atoms with Crippen LogP contribution in [0, 0.1) is 0 Å². The molecule has 3 rings (SSSR count). The number of benzene rings is 2. The highest BCUT2D eigenvalue weighted by atomic mass is 16.5. The molecule has 138 valence electrons. The second kappa shape index (κ2) is 7.99. The minimum Gasteiger partial charge on any atom is -0.508 e. The van der Waals surface area contributed by atoms with Crippen molar-refractivity contribution in [1.29, 1.82) is 0 Å². The first kappa shape index (κ1) is 17.9. The Kier molecular flexibility index (Phi) is 5.51. The molecule has 0 bridgehead atoms. The SMILES string of the molecule is COc1ccc(CNC(=O)N2CCC[C@@H]2c2ccc(O)cc2)cc1OC. The number of methoxy groups -OCH3 is 2. The third kappa shape index (κ3) is 3.85. The van der Waals surface area contributed by atoms with Gasteiger partial charge in [0, 0.05) is 13.1 Å². The molecule has 26 heavy (non-hydrogen) atoms. The molecule has 2 aromatic rings. The zero-order valence-corrected chi connectivity index (χ0v) is 15.1. The van der Waals surface area contributed by atoms with E-state index in [0.717, 1.165) is 30.5 Å². The minimum absolute atomic E-state index is 0.0426. The fourth-order valence-electron chi connectivity index (χ4n) is 3.32. The quantitative estimate of drug-likeness (QED) is 0.861. The van der Waals surface area contributed by atoms with E-state index in [-0.39, 0.29) is 17.8 Å². The maximum atomic E-state index is 12.7. The van der Waals surface area contributed by atoms with Gasteiger partial charge in [-0.1, -0.05) is 18.2 Å². The second-order valence-corrected chi connectivity index (χ2v) is 6.29. The molecule has 1 aliphatic heterocycles. The van der Waals surface area contributed by atoms with Gasteiger partial charge in [0.05, 0.1) is 20.3 Å². The summed E-state index contributed by atoms with van der Waals surface area (Å²) in [6.07, 6.45) is 1.89. The summed E-state index contributed by atoms with van der Waals surface area (Å²) in [5, 5.41) is 12.4. The van der Waals surface area contributed by atoms with Gasteiger partial charge in [-0.3, -0.25) is 0 Å². The van der Waals surface area contributed by atoms with Crippen LogP contribution >= 0.6 is 0 Å². The Morgan fingerprint density at radius 2 is 1.88 bits per heavy atom. The number of likely N-dealkylation sites (tertiary alicyclic amines) is 1. The largest absolute Gasteiger partial charge is 0.508 e. The minimum atomic E-state index is -0.0876. The summed E-state index contributed by atoms with van der Waals surface area (Å²) in [5.41, 5.74) is 1.98. The molecule has 0 spiro atoms. The number of carbonyl (C=O) groups excluding carboxylic acids is 1. The van der Waals surface area contributed by atoms with Crippen molar-refractivity contribution < 1.29 is 19.4 Å². The maximum absolute atomic E-state index is 12.7. The van der Waals surface area contributed by atoms with Gasteiger partial charge in [-0.25, -0.2) is 4.79 Å². The van der Waals surface area contributed by atoms with Gasteiger partial charge in [-0.15, -0.1) is 0 Å². The molecule has 2 aromatic carbocycles. The standard InChI is InChI=1S/C20H24N2O4/c1-25-18-10-5-14(12-19(18)26-2)13-21-20(24)22-11-3-4-17(22)15-6-8-16(23)9-7-15/h5-10,12,17,23H,3-4,11,13H2,1-2H3,(H,21,24)/t17-/m1/s1. The number of carbonyl (C=O) groups is 1. The predicted octanol–water partition coefficient (Wildman–Crippen LogP) is 3.46. The number of nitrogens with zero attached hydrogens (tertiary/aromatic N) is 1. The van der Waals surface area contributed by atoms with E-state index in [0.29, 0.717) is 18.0 Å². The lowest BCUT2D eigenvalue weighted by molar-refractivity contribution is 0.192. The summed E-state index contributed by atoms with van der Waals surface area (Å²) < 4.78 is 10.5. The summed E-state index contributed by atoms with van der Waals surface area (Å²) in [5.74, 6) is 1.54. The highest BCUT2D eigenvalue weighted by Gasteiger charge is 2.29. The fourth-order valence-corrected chi connectivity index (χ4v) is 3.32. The van der Waals surface area contributed by atoms with E-state index in [2.05, 4.69) is 5.32 Å². The Morgan fingerprint density at radius 1 is 1.15 bits per heavy atom. The number of urea groups is 1. The van der Waals surface area contributed by atoms with Crippen molar-refractivity contribution in [2.45, 2.75) is 25.4 Å². The van der Waals surface area contributed by atoms with Crippen LogP contribution in [0.1, 0.15) is 30.0 Å². The van der Waals surface area contributed by atoms with E-state index < -0.39 is 0 Å². The van der Waals surface area contributed by atoms with Gasteiger partial charge in [-0.05, 0) is 48.2 Å². The van der Waals surface area contributed by atoms with Crippen LogP contribution in [0.4, 0.5) is 4.79 Å².